The van der Waals surface area contributed by atoms with Crippen molar-refractivity contribution in [1.82, 2.24) is 0 Å². The Hall–Kier alpha value is -1.12. The smallest absolute Gasteiger partial charge is 0.222 e. The predicted molar refractivity (Wildman–Crippen MR) is 36.8 cm³/mol. The Kier molecular flexibility index (Phi) is 4.70. The first-order valence-corrected chi connectivity index (χ1v) is 4.52. The first kappa shape index (κ1) is 21.9. The maximum atomic E-state index is 13.2. The highest BCUT2D eigenvalue weighted by Crippen LogP contribution is 2.66. The van der Waals surface area contributed by atoms with Crippen molar-refractivity contribution in [1.29, 1.82) is 0 Å². The van der Waals surface area contributed by atoms with Gasteiger partial charge in [-0.1, -0.05) is 0 Å². The summed E-state index contributed by atoms with van der Waals surface area (Å²) < 4.78 is 195. The van der Waals surface area contributed by atoms with Gasteiger partial charge in [0.05, 0.1) is 0 Å². The maximum Gasteiger partial charge on any atom is 0.457 e. The van der Waals surface area contributed by atoms with Crippen LogP contribution in [0, 0.1) is 0 Å². The van der Waals surface area contributed by atoms with E-state index in [1.165, 1.54) is 0 Å². The highest BCUT2D eigenvalue weighted by atomic mass is 19.4. The molecule has 0 aromatic heterocycles. The van der Waals surface area contributed by atoms with E-state index in [4.69, 9.17) is 0 Å². The number of rotatable bonds is 2. The van der Waals surface area contributed by atoms with Gasteiger partial charge in [-0.05, 0) is 0 Å². The van der Waals surface area contributed by atoms with Crippen molar-refractivity contribution in [2.24, 2.45) is 0 Å². The third-order valence-corrected chi connectivity index (χ3v) is 2.44. The third-order valence-electron chi connectivity index (χ3n) is 2.44. The normalized spacial score (nSPS) is 18.8. The van der Waals surface area contributed by atoms with Crippen LogP contribution in [-0.2, 0) is 0 Å². The summed E-state index contributed by atoms with van der Waals surface area (Å²) >= 11 is 0. The molecule has 0 aliphatic heterocycles. The zero-order valence-electron chi connectivity index (χ0n) is 9.55. The van der Waals surface area contributed by atoms with Gasteiger partial charge in [0.15, 0.2) is 0 Å². The van der Waals surface area contributed by atoms with Crippen molar-refractivity contribution in [3.05, 3.63) is 0 Å². The minimum Gasteiger partial charge on any atom is -0.222 e. The fourth-order valence-electron chi connectivity index (χ4n) is 1.34. The first-order chi connectivity index (χ1) is 9.50. The van der Waals surface area contributed by atoms with Crippen LogP contribution in [0.5, 0.6) is 0 Å². The Morgan fingerprint density at radius 2 is 0.478 bits per heavy atom. The molecule has 23 heavy (non-hydrogen) atoms. The van der Waals surface area contributed by atoms with Gasteiger partial charge in [0.2, 0.25) is 0 Å². The molecular weight excluding hydrogens is 388 g/mol. The Balaban J connectivity index is 7.12. The molecule has 0 aliphatic rings. The second-order valence-electron chi connectivity index (χ2n) is 3.88. The number of alkyl halides is 16. The van der Waals surface area contributed by atoms with Crippen molar-refractivity contribution in [3.8, 4) is 0 Å². The van der Waals surface area contributed by atoms with Crippen molar-refractivity contribution in [2.75, 3.05) is 0 Å². The van der Waals surface area contributed by atoms with E-state index >= 15 is 0 Å². The van der Waals surface area contributed by atoms with Crippen LogP contribution in [0.2, 0.25) is 0 Å². The Morgan fingerprint density at radius 1 is 0.261 bits per heavy atom. The van der Waals surface area contributed by atoms with Crippen LogP contribution in [0.15, 0.2) is 0 Å². The first-order valence-electron chi connectivity index (χ1n) is 4.52. The lowest BCUT2D eigenvalue weighted by Gasteiger charge is -2.45. The van der Waals surface area contributed by atoms with Gasteiger partial charge in [-0.3, -0.25) is 0 Å². The van der Waals surface area contributed by atoms with Crippen LogP contribution in [0.3, 0.4) is 0 Å². The molecule has 0 nitrogen and oxygen atoms in total. The van der Waals surface area contributed by atoms with E-state index in [9.17, 15) is 70.2 Å². The van der Waals surface area contributed by atoms with Crippen LogP contribution in [0.4, 0.5) is 70.2 Å². The highest BCUT2D eigenvalue weighted by Gasteiger charge is 2.99. The van der Waals surface area contributed by atoms with E-state index in [0.29, 0.717) is 0 Å². The third kappa shape index (κ3) is 2.66. The van der Waals surface area contributed by atoms with Gasteiger partial charge in [0.25, 0.3) is 0 Å². The zero-order chi connectivity index (χ0) is 19.5. The molecule has 1 atom stereocenters. The Labute approximate surface area is 114 Å². The predicted octanol–water partition coefficient (Wildman–Crippen LogP) is 5.29. The lowest BCUT2D eigenvalue weighted by atomic mass is 9.78. The average Bonchev–Trinajstić information content (AvgIpc) is 2.19. The fraction of sp³-hybridized carbons (Fsp3) is 1.00. The molecule has 0 N–H and O–H groups in total. The summed E-state index contributed by atoms with van der Waals surface area (Å²) in [5, 5.41) is 0. The molecule has 0 rings (SSSR count). The molecule has 0 aromatic rings. The minimum atomic E-state index is -8.73. The zero-order valence-corrected chi connectivity index (χ0v) is 9.55. The molecule has 0 aliphatic carbocycles. The molecule has 0 aromatic carbocycles. The Morgan fingerprint density at radius 3 is 0.609 bits per heavy atom. The van der Waals surface area contributed by atoms with Crippen LogP contribution >= 0.6 is 0 Å². The molecule has 0 fully saturated rings. The van der Waals surface area contributed by atoms with Crippen LogP contribution < -0.4 is 0 Å². The molecule has 0 radical (unpaired) electrons. The van der Waals surface area contributed by atoms with Gasteiger partial charge in [-0.25, -0.2) is 8.78 Å². The number of hydrogen-bond donors (Lipinski definition) is 0. The largest absolute Gasteiger partial charge is 0.457 e. The summed E-state index contributed by atoms with van der Waals surface area (Å²) in [6.45, 7) is 0. The Bertz CT molecular complexity index is 415. The van der Waals surface area contributed by atoms with Crippen LogP contribution in [-0.4, -0.2) is 42.0 Å². The summed E-state index contributed by atoms with van der Waals surface area (Å²) in [4.78, 5) is 0. The molecule has 1 unspecified atom stereocenters. The van der Waals surface area contributed by atoms with E-state index in [1.54, 1.807) is 0 Å². The molecule has 0 bridgehead atoms. The second-order valence-corrected chi connectivity index (χ2v) is 3.88. The van der Waals surface area contributed by atoms with Crippen molar-refractivity contribution in [2.45, 2.75) is 42.0 Å². The van der Waals surface area contributed by atoms with E-state index in [-0.39, 0.29) is 0 Å². The van der Waals surface area contributed by atoms with Gasteiger partial charge in [0.1, 0.15) is 0 Å². The molecule has 0 saturated carbocycles. The topological polar surface area (TPSA) is 0 Å². The molecule has 0 saturated heterocycles. The standard InChI is InChI=1S/C7F16/c8-1(4(12,13)14,3(10,11)7(21,22)23)2(9,5(15,16)17)6(18,19)20. The van der Waals surface area contributed by atoms with Crippen molar-refractivity contribution in [3.63, 3.8) is 0 Å². The van der Waals surface area contributed by atoms with Crippen molar-refractivity contribution >= 4 is 0 Å². The van der Waals surface area contributed by atoms with E-state index < -0.39 is 42.0 Å². The fourth-order valence-corrected chi connectivity index (χ4v) is 1.34. The van der Waals surface area contributed by atoms with Crippen LogP contribution in [0.1, 0.15) is 0 Å². The maximum absolute atomic E-state index is 13.2. The summed E-state index contributed by atoms with van der Waals surface area (Å²) in [7, 11) is 0. The molecular formula is C7F16. The minimum absolute atomic E-state index is 7.94. The summed E-state index contributed by atoms with van der Waals surface area (Å²) in [5.41, 5.74) is -17.3. The molecule has 0 amide bonds. The van der Waals surface area contributed by atoms with Crippen LogP contribution in [0.25, 0.3) is 0 Å². The second kappa shape index (κ2) is 4.94. The SMILES string of the molecule is FC(F)(F)C(F)(F)C(F)(C(F)(F)F)C(F)(C(F)(F)F)C(F)(F)F. The van der Waals surface area contributed by atoms with Crippen molar-refractivity contribution < 1.29 is 70.2 Å². The lowest BCUT2D eigenvalue weighted by Crippen LogP contribution is -2.79. The van der Waals surface area contributed by atoms with Gasteiger partial charge in [0, 0.05) is 0 Å². The van der Waals surface area contributed by atoms with E-state index in [2.05, 4.69) is 0 Å². The quantitative estimate of drug-likeness (QED) is 0.565. The summed E-state index contributed by atoms with van der Waals surface area (Å²) in [6.07, 6.45) is -32.5. The van der Waals surface area contributed by atoms with E-state index in [0.717, 1.165) is 0 Å². The molecule has 140 valence electrons. The number of hydrogen-bond acceptors (Lipinski definition) is 0. The molecule has 0 heterocycles. The summed E-state index contributed by atoms with van der Waals surface area (Å²) in [5.74, 6) is -8.43. The summed E-state index contributed by atoms with van der Waals surface area (Å²) in [6, 6.07) is 0. The molecule has 16 heteroatoms. The lowest BCUT2D eigenvalue weighted by molar-refractivity contribution is -0.472. The molecule has 0 spiro atoms. The highest BCUT2D eigenvalue weighted by molar-refractivity contribution is 5.21. The monoisotopic (exact) mass is 388 g/mol. The van der Waals surface area contributed by atoms with E-state index in [1.807, 2.05) is 0 Å². The average molecular weight is 388 g/mol. The van der Waals surface area contributed by atoms with Gasteiger partial charge < -0.3 is 0 Å². The van der Waals surface area contributed by atoms with Gasteiger partial charge in [-0.15, -0.1) is 0 Å². The van der Waals surface area contributed by atoms with Gasteiger partial charge >= 0.3 is 42.0 Å². The number of halogens is 16. The van der Waals surface area contributed by atoms with Gasteiger partial charge in [-0.2, -0.15) is 61.5 Å².